The Labute approximate surface area is 196 Å². The first-order chi connectivity index (χ1) is 16.2. The van der Waals surface area contributed by atoms with Gasteiger partial charge in [0.1, 0.15) is 17.8 Å². The zero-order valence-corrected chi connectivity index (χ0v) is 19.3. The van der Waals surface area contributed by atoms with Crippen LogP contribution in [0.1, 0.15) is 16.7 Å². The van der Waals surface area contributed by atoms with Crippen LogP contribution in [0.15, 0.2) is 78.3 Å². The summed E-state index contributed by atoms with van der Waals surface area (Å²) in [5.74, 6) is 0.693. The predicted molar refractivity (Wildman–Crippen MR) is 129 cm³/mol. The number of anilines is 2. The Kier molecular flexibility index (Phi) is 6.28. The van der Waals surface area contributed by atoms with Crippen molar-refractivity contribution >= 4 is 27.1 Å². The fraction of sp³-hybridized carbons (Fsp3) is 0.130. The third kappa shape index (κ3) is 5.04. The minimum atomic E-state index is -4.01. The van der Waals surface area contributed by atoms with Gasteiger partial charge in [-0.3, -0.25) is 19.4 Å². The van der Waals surface area contributed by atoms with E-state index in [0.29, 0.717) is 11.5 Å². The van der Waals surface area contributed by atoms with E-state index in [1.165, 1.54) is 12.1 Å². The number of imidazole rings is 1. The highest BCUT2D eigenvalue weighted by atomic mass is 32.2. The molecule has 2 aromatic carbocycles. The lowest BCUT2D eigenvalue weighted by atomic mass is 10.1. The molecular weight excluding hydrogens is 456 g/mol. The van der Waals surface area contributed by atoms with Gasteiger partial charge in [0.05, 0.1) is 15.5 Å². The number of aryl methyl sites for hydroxylation is 2. The summed E-state index contributed by atoms with van der Waals surface area (Å²) in [6, 6.07) is 12.7. The molecule has 0 saturated carbocycles. The van der Waals surface area contributed by atoms with E-state index in [4.69, 9.17) is 0 Å². The number of hydrogen-bond acceptors (Lipinski definition) is 7. The smallest absolute Gasteiger partial charge is 0.293 e. The summed E-state index contributed by atoms with van der Waals surface area (Å²) >= 11 is 0. The molecule has 10 nitrogen and oxygen atoms in total. The molecule has 0 aliphatic carbocycles. The number of pyridine rings is 1. The molecule has 11 heteroatoms. The van der Waals surface area contributed by atoms with Gasteiger partial charge >= 0.3 is 0 Å². The van der Waals surface area contributed by atoms with Gasteiger partial charge in [-0.05, 0) is 49.2 Å². The third-order valence-electron chi connectivity index (χ3n) is 5.16. The van der Waals surface area contributed by atoms with E-state index in [1.807, 2.05) is 25.1 Å². The summed E-state index contributed by atoms with van der Waals surface area (Å²) in [7, 11) is -4.01. The number of nitrogens with zero attached hydrogens (tertiary/aromatic N) is 4. The number of nitrogens with one attached hydrogen (secondary N) is 2. The summed E-state index contributed by atoms with van der Waals surface area (Å²) in [4.78, 5) is 19.2. The second-order valence-electron chi connectivity index (χ2n) is 7.71. The van der Waals surface area contributed by atoms with Gasteiger partial charge in [-0.1, -0.05) is 23.8 Å². The Hall–Kier alpha value is -4.25. The van der Waals surface area contributed by atoms with Crippen molar-refractivity contribution in [2.24, 2.45) is 0 Å². The van der Waals surface area contributed by atoms with Crippen molar-refractivity contribution in [2.45, 2.75) is 25.3 Å². The quantitative estimate of drug-likeness (QED) is 0.286. The number of nitro groups is 1. The van der Waals surface area contributed by atoms with Crippen LogP contribution in [0.3, 0.4) is 0 Å². The number of sulfonamides is 1. The van der Waals surface area contributed by atoms with Gasteiger partial charge in [0.25, 0.3) is 15.7 Å². The Morgan fingerprint density at radius 1 is 1.06 bits per heavy atom. The number of rotatable bonds is 8. The summed E-state index contributed by atoms with van der Waals surface area (Å²) < 4.78 is 30.0. The van der Waals surface area contributed by atoms with E-state index in [0.717, 1.165) is 22.8 Å². The van der Waals surface area contributed by atoms with Crippen molar-refractivity contribution in [3.05, 3.63) is 100 Å². The Balaban J connectivity index is 1.52. The van der Waals surface area contributed by atoms with Crippen molar-refractivity contribution in [1.82, 2.24) is 14.5 Å². The van der Waals surface area contributed by atoms with Gasteiger partial charge in [-0.25, -0.2) is 18.4 Å². The highest BCUT2D eigenvalue weighted by molar-refractivity contribution is 7.92. The average molecular weight is 479 g/mol. The van der Waals surface area contributed by atoms with Crippen molar-refractivity contribution in [3.63, 3.8) is 0 Å². The first kappa shape index (κ1) is 22.9. The maximum Gasteiger partial charge on any atom is 0.293 e. The number of aromatic nitrogens is 3. The standard InChI is InChI=1S/C23H22N6O4S/c1-16-3-6-20(17(2)11-16)27-34(32,33)19-5-7-21(22(12-19)29(30)31)25-13-18-4-8-23(26-14-18)28-10-9-24-15-28/h3-12,14-15,25,27H,13H2,1-2H3. The lowest BCUT2D eigenvalue weighted by Gasteiger charge is -2.13. The van der Waals surface area contributed by atoms with Crippen molar-refractivity contribution in [2.75, 3.05) is 10.0 Å². The SMILES string of the molecule is Cc1ccc(NS(=O)(=O)c2ccc(NCc3ccc(-n4ccnc4)nc3)c([N+](=O)[O-])c2)c(C)c1. The molecule has 4 aromatic rings. The molecule has 2 heterocycles. The molecular formula is C23H22N6O4S. The van der Waals surface area contributed by atoms with E-state index < -0.39 is 14.9 Å². The number of benzene rings is 2. The Bertz CT molecular complexity index is 1440. The highest BCUT2D eigenvalue weighted by Crippen LogP contribution is 2.29. The summed E-state index contributed by atoms with van der Waals surface area (Å²) in [6.07, 6.45) is 6.71. The molecule has 0 saturated heterocycles. The molecule has 0 fully saturated rings. The van der Waals surface area contributed by atoms with Crippen LogP contribution >= 0.6 is 0 Å². The van der Waals surface area contributed by atoms with Crippen LogP contribution in [0.2, 0.25) is 0 Å². The van der Waals surface area contributed by atoms with Crippen LogP contribution < -0.4 is 10.0 Å². The van der Waals surface area contributed by atoms with E-state index >= 15 is 0 Å². The van der Waals surface area contributed by atoms with Gasteiger partial charge in [0.2, 0.25) is 0 Å². The molecule has 4 rings (SSSR count). The fourth-order valence-corrected chi connectivity index (χ4v) is 4.53. The highest BCUT2D eigenvalue weighted by Gasteiger charge is 2.22. The zero-order chi connectivity index (χ0) is 24.3. The van der Waals surface area contributed by atoms with Crippen LogP contribution in [0, 0.1) is 24.0 Å². The first-order valence-electron chi connectivity index (χ1n) is 10.3. The summed E-state index contributed by atoms with van der Waals surface area (Å²) in [6.45, 7) is 3.96. The molecule has 0 unspecified atom stereocenters. The van der Waals surface area contributed by atoms with Crippen molar-refractivity contribution < 1.29 is 13.3 Å². The van der Waals surface area contributed by atoms with Crippen LogP contribution in [0.4, 0.5) is 17.1 Å². The zero-order valence-electron chi connectivity index (χ0n) is 18.5. The first-order valence-corrected chi connectivity index (χ1v) is 11.8. The molecule has 0 radical (unpaired) electrons. The van der Waals surface area contributed by atoms with E-state index in [1.54, 1.807) is 48.5 Å². The van der Waals surface area contributed by atoms with Crippen molar-refractivity contribution in [1.29, 1.82) is 0 Å². The molecule has 34 heavy (non-hydrogen) atoms. The molecule has 0 amide bonds. The minimum Gasteiger partial charge on any atom is -0.375 e. The van der Waals surface area contributed by atoms with E-state index in [-0.39, 0.29) is 22.8 Å². The molecule has 174 valence electrons. The summed E-state index contributed by atoms with van der Waals surface area (Å²) in [5, 5.41) is 14.7. The van der Waals surface area contributed by atoms with Crippen LogP contribution in [-0.4, -0.2) is 27.9 Å². The van der Waals surface area contributed by atoms with Crippen LogP contribution in [0.25, 0.3) is 5.82 Å². The van der Waals surface area contributed by atoms with E-state index in [2.05, 4.69) is 20.0 Å². The van der Waals surface area contributed by atoms with E-state index in [9.17, 15) is 18.5 Å². The topological polar surface area (TPSA) is 132 Å². The molecule has 0 atom stereocenters. The third-order valence-corrected chi connectivity index (χ3v) is 6.53. The van der Waals surface area contributed by atoms with Crippen molar-refractivity contribution in [3.8, 4) is 5.82 Å². The van der Waals surface area contributed by atoms with Crippen LogP contribution in [0.5, 0.6) is 0 Å². The maximum atomic E-state index is 12.9. The molecule has 0 bridgehead atoms. The molecule has 2 aromatic heterocycles. The minimum absolute atomic E-state index is 0.198. The molecule has 0 aliphatic rings. The van der Waals surface area contributed by atoms with Gasteiger partial charge in [-0.2, -0.15) is 0 Å². The second-order valence-corrected chi connectivity index (χ2v) is 9.39. The lowest BCUT2D eigenvalue weighted by Crippen LogP contribution is -2.14. The lowest BCUT2D eigenvalue weighted by molar-refractivity contribution is -0.384. The van der Waals surface area contributed by atoms with Gasteiger partial charge < -0.3 is 5.32 Å². The van der Waals surface area contributed by atoms with Gasteiger partial charge in [0.15, 0.2) is 0 Å². The average Bonchev–Trinajstić information content (AvgIpc) is 3.35. The molecule has 2 N–H and O–H groups in total. The predicted octanol–water partition coefficient (Wildman–Crippen LogP) is 4.21. The Morgan fingerprint density at radius 2 is 1.85 bits per heavy atom. The largest absolute Gasteiger partial charge is 0.375 e. The number of hydrogen-bond donors (Lipinski definition) is 2. The monoisotopic (exact) mass is 478 g/mol. The Morgan fingerprint density at radius 3 is 2.50 bits per heavy atom. The fourth-order valence-electron chi connectivity index (χ4n) is 3.38. The normalized spacial score (nSPS) is 11.2. The summed E-state index contributed by atoms with van der Waals surface area (Å²) in [5.41, 5.74) is 2.83. The second kappa shape index (κ2) is 9.32. The van der Waals surface area contributed by atoms with Gasteiger partial charge in [-0.15, -0.1) is 0 Å². The number of nitro benzene ring substituents is 1. The maximum absolute atomic E-state index is 12.9. The van der Waals surface area contributed by atoms with Crippen LogP contribution in [-0.2, 0) is 16.6 Å². The van der Waals surface area contributed by atoms with Gasteiger partial charge in [0, 0.05) is 31.2 Å². The molecule has 0 spiro atoms. The molecule has 0 aliphatic heterocycles.